The van der Waals surface area contributed by atoms with Gasteiger partial charge in [-0.15, -0.1) is 0 Å². The van der Waals surface area contributed by atoms with E-state index in [2.05, 4.69) is 24.4 Å². The van der Waals surface area contributed by atoms with Gasteiger partial charge in [-0.05, 0) is 32.4 Å². The predicted molar refractivity (Wildman–Crippen MR) is 68.4 cm³/mol. The molecule has 2 rings (SSSR count). The minimum atomic E-state index is 0.342. The average Bonchev–Trinajstić information content (AvgIpc) is 2.38. The number of aryl methyl sites for hydroxylation is 1. The van der Waals surface area contributed by atoms with Crippen molar-refractivity contribution in [2.75, 3.05) is 20.2 Å². The predicted octanol–water partition coefficient (Wildman–Crippen LogP) is 2.27. The van der Waals surface area contributed by atoms with E-state index in [0.29, 0.717) is 12.7 Å². The van der Waals surface area contributed by atoms with Gasteiger partial charge in [0.05, 0.1) is 19.8 Å². The molecule has 1 saturated heterocycles. The van der Waals surface area contributed by atoms with Crippen LogP contribution in [0.1, 0.15) is 24.0 Å². The number of piperidine rings is 1. The van der Waals surface area contributed by atoms with E-state index in [1.165, 1.54) is 12.0 Å². The SMILES string of the molecule is COc1ccc(C)cc1CO[C@H]1CCCNC1. The topological polar surface area (TPSA) is 30.5 Å². The Morgan fingerprint density at radius 3 is 3.00 bits per heavy atom. The van der Waals surface area contributed by atoms with Crippen LogP contribution in [0.2, 0.25) is 0 Å². The van der Waals surface area contributed by atoms with Gasteiger partial charge in [-0.1, -0.05) is 17.7 Å². The maximum Gasteiger partial charge on any atom is 0.124 e. The second-order valence-electron chi connectivity index (χ2n) is 4.59. The van der Waals surface area contributed by atoms with Crippen molar-refractivity contribution >= 4 is 0 Å². The second-order valence-corrected chi connectivity index (χ2v) is 4.59. The van der Waals surface area contributed by atoms with E-state index in [0.717, 1.165) is 30.8 Å². The molecule has 0 amide bonds. The van der Waals surface area contributed by atoms with Crippen molar-refractivity contribution in [2.45, 2.75) is 32.5 Å². The average molecular weight is 235 g/mol. The molecule has 0 bridgehead atoms. The van der Waals surface area contributed by atoms with Crippen LogP contribution in [0.5, 0.6) is 5.75 Å². The van der Waals surface area contributed by atoms with E-state index in [9.17, 15) is 0 Å². The van der Waals surface area contributed by atoms with Crippen molar-refractivity contribution in [3.05, 3.63) is 29.3 Å². The van der Waals surface area contributed by atoms with Gasteiger partial charge >= 0.3 is 0 Å². The Kier molecular flexibility index (Phi) is 4.40. The van der Waals surface area contributed by atoms with Gasteiger partial charge in [-0.2, -0.15) is 0 Å². The monoisotopic (exact) mass is 235 g/mol. The Morgan fingerprint density at radius 1 is 1.41 bits per heavy atom. The highest BCUT2D eigenvalue weighted by atomic mass is 16.5. The fourth-order valence-corrected chi connectivity index (χ4v) is 2.19. The van der Waals surface area contributed by atoms with Gasteiger partial charge < -0.3 is 14.8 Å². The molecular formula is C14H21NO2. The van der Waals surface area contributed by atoms with E-state index in [4.69, 9.17) is 9.47 Å². The highest BCUT2D eigenvalue weighted by Crippen LogP contribution is 2.21. The molecular weight excluding hydrogens is 214 g/mol. The van der Waals surface area contributed by atoms with Crippen LogP contribution in [0, 0.1) is 6.92 Å². The molecule has 0 spiro atoms. The maximum atomic E-state index is 5.92. The lowest BCUT2D eigenvalue weighted by Crippen LogP contribution is -2.35. The summed E-state index contributed by atoms with van der Waals surface area (Å²) in [7, 11) is 1.70. The van der Waals surface area contributed by atoms with E-state index in [-0.39, 0.29) is 0 Å². The number of ether oxygens (including phenoxy) is 2. The summed E-state index contributed by atoms with van der Waals surface area (Å²) >= 11 is 0. The molecule has 1 aromatic rings. The molecule has 17 heavy (non-hydrogen) atoms. The van der Waals surface area contributed by atoms with E-state index < -0.39 is 0 Å². The molecule has 1 N–H and O–H groups in total. The standard InChI is InChI=1S/C14H21NO2/c1-11-5-6-14(16-2)12(8-11)10-17-13-4-3-7-15-9-13/h5-6,8,13,15H,3-4,7,9-10H2,1-2H3/t13-/m0/s1. The number of hydrogen-bond donors (Lipinski definition) is 1. The number of nitrogens with one attached hydrogen (secondary N) is 1. The molecule has 1 atom stereocenters. The summed E-state index contributed by atoms with van der Waals surface area (Å²) in [5, 5.41) is 3.35. The van der Waals surface area contributed by atoms with Crippen molar-refractivity contribution in [1.82, 2.24) is 5.32 Å². The molecule has 0 saturated carbocycles. The quantitative estimate of drug-likeness (QED) is 0.868. The number of rotatable bonds is 4. The molecule has 0 aromatic heterocycles. The van der Waals surface area contributed by atoms with Gasteiger partial charge in [0.25, 0.3) is 0 Å². The van der Waals surface area contributed by atoms with Gasteiger partial charge in [-0.3, -0.25) is 0 Å². The van der Waals surface area contributed by atoms with Gasteiger partial charge in [0, 0.05) is 12.1 Å². The molecule has 94 valence electrons. The first-order valence-electron chi connectivity index (χ1n) is 6.25. The first-order chi connectivity index (χ1) is 8.29. The molecule has 0 radical (unpaired) electrons. The second kappa shape index (κ2) is 6.03. The summed E-state index contributed by atoms with van der Waals surface area (Å²) in [6.45, 7) is 4.81. The Hall–Kier alpha value is -1.06. The first-order valence-corrected chi connectivity index (χ1v) is 6.25. The Morgan fingerprint density at radius 2 is 2.29 bits per heavy atom. The van der Waals surface area contributed by atoms with Gasteiger partial charge in [0.2, 0.25) is 0 Å². The summed E-state index contributed by atoms with van der Waals surface area (Å²) in [6.07, 6.45) is 2.70. The van der Waals surface area contributed by atoms with E-state index in [1.54, 1.807) is 7.11 Å². The van der Waals surface area contributed by atoms with Crippen molar-refractivity contribution in [3.8, 4) is 5.75 Å². The summed E-state index contributed by atoms with van der Waals surface area (Å²) < 4.78 is 11.3. The van der Waals surface area contributed by atoms with Crippen LogP contribution in [-0.2, 0) is 11.3 Å². The smallest absolute Gasteiger partial charge is 0.124 e. The first kappa shape index (κ1) is 12.4. The molecule has 1 fully saturated rings. The minimum Gasteiger partial charge on any atom is -0.496 e. The largest absolute Gasteiger partial charge is 0.496 e. The number of methoxy groups -OCH3 is 1. The van der Waals surface area contributed by atoms with Gasteiger partial charge in [-0.25, -0.2) is 0 Å². The van der Waals surface area contributed by atoms with Crippen molar-refractivity contribution < 1.29 is 9.47 Å². The minimum absolute atomic E-state index is 0.342. The van der Waals surface area contributed by atoms with E-state index >= 15 is 0 Å². The van der Waals surface area contributed by atoms with Crippen molar-refractivity contribution in [1.29, 1.82) is 0 Å². The third-order valence-electron chi connectivity index (χ3n) is 3.16. The third kappa shape index (κ3) is 3.45. The van der Waals surface area contributed by atoms with Crippen LogP contribution in [0.15, 0.2) is 18.2 Å². The fraction of sp³-hybridized carbons (Fsp3) is 0.571. The van der Waals surface area contributed by atoms with Crippen LogP contribution < -0.4 is 10.1 Å². The summed E-state index contributed by atoms with van der Waals surface area (Å²) in [6, 6.07) is 6.20. The maximum absolute atomic E-state index is 5.92. The molecule has 1 aliphatic rings. The zero-order chi connectivity index (χ0) is 12.1. The lowest BCUT2D eigenvalue weighted by Gasteiger charge is -2.23. The molecule has 1 heterocycles. The Labute approximate surface area is 103 Å². The van der Waals surface area contributed by atoms with Crippen LogP contribution in [0.4, 0.5) is 0 Å². The summed E-state index contributed by atoms with van der Waals surface area (Å²) in [5.41, 5.74) is 2.38. The Bertz CT molecular complexity index is 359. The Balaban J connectivity index is 1.95. The lowest BCUT2D eigenvalue weighted by atomic mass is 10.1. The van der Waals surface area contributed by atoms with Gasteiger partial charge in [0.1, 0.15) is 5.75 Å². The summed E-state index contributed by atoms with van der Waals surface area (Å²) in [4.78, 5) is 0. The number of hydrogen-bond acceptors (Lipinski definition) is 3. The van der Waals surface area contributed by atoms with Crippen LogP contribution in [-0.4, -0.2) is 26.3 Å². The van der Waals surface area contributed by atoms with Crippen LogP contribution >= 0.6 is 0 Å². The number of benzene rings is 1. The lowest BCUT2D eigenvalue weighted by molar-refractivity contribution is 0.0244. The normalized spacial score (nSPS) is 20.2. The highest BCUT2D eigenvalue weighted by molar-refractivity contribution is 5.36. The van der Waals surface area contributed by atoms with Gasteiger partial charge in [0.15, 0.2) is 0 Å². The molecule has 1 aromatic carbocycles. The molecule has 3 heteroatoms. The van der Waals surface area contributed by atoms with Crippen LogP contribution in [0.3, 0.4) is 0 Å². The fourth-order valence-electron chi connectivity index (χ4n) is 2.19. The molecule has 1 aliphatic heterocycles. The third-order valence-corrected chi connectivity index (χ3v) is 3.16. The van der Waals surface area contributed by atoms with Crippen molar-refractivity contribution in [3.63, 3.8) is 0 Å². The summed E-state index contributed by atoms with van der Waals surface area (Å²) in [5.74, 6) is 0.916. The molecule has 0 aliphatic carbocycles. The van der Waals surface area contributed by atoms with Crippen molar-refractivity contribution in [2.24, 2.45) is 0 Å². The highest BCUT2D eigenvalue weighted by Gasteiger charge is 2.14. The zero-order valence-electron chi connectivity index (χ0n) is 10.7. The molecule has 0 unspecified atom stereocenters. The van der Waals surface area contributed by atoms with Crippen LogP contribution in [0.25, 0.3) is 0 Å². The van der Waals surface area contributed by atoms with E-state index in [1.807, 2.05) is 6.07 Å². The zero-order valence-corrected chi connectivity index (χ0v) is 10.7. The molecule has 3 nitrogen and oxygen atoms in total.